The van der Waals surface area contributed by atoms with Crippen LogP contribution in [-0.2, 0) is 14.3 Å². The predicted octanol–water partition coefficient (Wildman–Crippen LogP) is 6.43. The molecule has 3 aromatic carbocycles. The van der Waals surface area contributed by atoms with Gasteiger partial charge in [0.2, 0.25) is 0 Å². The van der Waals surface area contributed by atoms with Crippen LogP contribution in [0.2, 0.25) is 0 Å². The van der Waals surface area contributed by atoms with E-state index in [1.165, 1.54) is 11.8 Å². The summed E-state index contributed by atoms with van der Waals surface area (Å²) in [5.41, 5.74) is 3.00. The van der Waals surface area contributed by atoms with Crippen LogP contribution >= 0.6 is 27.7 Å². The van der Waals surface area contributed by atoms with E-state index in [0.717, 1.165) is 36.0 Å². The Balaban J connectivity index is 1.78. The Morgan fingerprint density at radius 1 is 0.805 bits per heavy atom. The Bertz CT molecular complexity index is 1130. The molecule has 0 bridgehead atoms. The molecule has 8 heteroatoms. The summed E-state index contributed by atoms with van der Waals surface area (Å²) in [6.07, 6.45) is 3.24. The molecule has 0 fully saturated rings. The van der Waals surface area contributed by atoms with Gasteiger partial charge in [0.15, 0.2) is 5.78 Å². The first-order chi connectivity index (χ1) is 19.9. The minimum atomic E-state index is -0.776. The van der Waals surface area contributed by atoms with Gasteiger partial charge >= 0.3 is 0 Å². The maximum Gasteiger partial charge on any atom is 0.281 e. The Morgan fingerprint density at radius 3 is 1.78 bits per heavy atom. The Kier molecular flexibility index (Phi) is 13.8. The second kappa shape index (κ2) is 17.2. The minimum Gasteiger partial charge on any atom is -0.332 e. The molecule has 0 spiro atoms. The fourth-order valence-electron chi connectivity index (χ4n) is 4.93. The molecule has 0 saturated carbocycles. The number of ketones is 2. The van der Waals surface area contributed by atoms with Crippen LogP contribution in [0.1, 0.15) is 55.7 Å². The number of carbonyl (C=O) groups is 3. The number of carbonyl (C=O) groups excluding carboxylic acids is 3. The third-order valence-corrected chi connectivity index (χ3v) is 8.85. The number of hydrogen-bond donors (Lipinski definition) is 3. The molecule has 6 nitrogen and oxygen atoms in total. The van der Waals surface area contributed by atoms with Crippen molar-refractivity contribution in [3.8, 4) is 0 Å². The highest BCUT2D eigenvalue weighted by atomic mass is 79.9. The normalized spacial score (nSPS) is 12.9. The van der Waals surface area contributed by atoms with Crippen molar-refractivity contribution in [2.75, 3.05) is 18.9 Å². The quantitative estimate of drug-likeness (QED) is 0.0684. The fraction of sp³-hybridized carbons (Fsp3) is 0.364. The summed E-state index contributed by atoms with van der Waals surface area (Å²) in [7, 11) is 1.75. The van der Waals surface area contributed by atoms with Crippen molar-refractivity contribution >= 4 is 44.5 Å². The average Bonchev–Trinajstić information content (AvgIpc) is 3.00. The van der Waals surface area contributed by atoms with Crippen molar-refractivity contribution in [3.05, 3.63) is 108 Å². The van der Waals surface area contributed by atoms with Gasteiger partial charge in [-0.25, -0.2) is 0 Å². The van der Waals surface area contributed by atoms with Crippen LogP contribution in [0.25, 0.3) is 0 Å². The van der Waals surface area contributed by atoms with E-state index < -0.39 is 17.0 Å². The van der Waals surface area contributed by atoms with E-state index in [0.29, 0.717) is 18.2 Å². The molecule has 3 N–H and O–H groups in total. The number of hydrogen-bond acceptors (Lipinski definition) is 6. The zero-order valence-electron chi connectivity index (χ0n) is 23.8. The van der Waals surface area contributed by atoms with E-state index in [2.05, 4.69) is 68.3 Å². The summed E-state index contributed by atoms with van der Waals surface area (Å²) < 4.78 is -0.776. The molecule has 2 atom stereocenters. The van der Waals surface area contributed by atoms with E-state index in [9.17, 15) is 14.4 Å². The number of nitrogens with one attached hydrogen (secondary N) is 3. The van der Waals surface area contributed by atoms with Gasteiger partial charge in [-0.05, 0) is 55.3 Å². The standard InChI is InChI=1S/C33H40BrN3O3S/c1-25(36-30(31(39)24-35-2)22-14-6-13-21-29(38)23-34)37-32(40)41-33(26-15-7-3-8-16-26,27-17-9-4-10-18-27)28-19-11-5-12-20-28/h3-5,7-12,15-20,25,30,35-36H,6,13-14,21-24H2,1-2H3,(H,37,40). The molecule has 2 unspecified atom stereocenters. The molecule has 0 saturated heterocycles. The Morgan fingerprint density at radius 2 is 1.32 bits per heavy atom. The van der Waals surface area contributed by atoms with E-state index in [1.54, 1.807) is 7.05 Å². The number of rotatable bonds is 17. The van der Waals surface area contributed by atoms with Crippen molar-refractivity contribution in [3.63, 3.8) is 0 Å². The lowest BCUT2D eigenvalue weighted by Gasteiger charge is -2.35. The van der Waals surface area contributed by atoms with Gasteiger partial charge in [0.1, 0.15) is 10.5 Å². The van der Waals surface area contributed by atoms with Crippen LogP contribution in [0, 0.1) is 0 Å². The summed E-state index contributed by atoms with van der Waals surface area (Å²) in [6, 6.07) is 29.8. The van der Waals surface area contributed by atoms with E-state index in [4.69, 9.17) is 0 Å². The highest BCUT2D eigenvalue weighted by Crippen LogP contribution is 2.48. The SMILES string of the molecule is CNCC(=O)C(CCCCCC(=O)CBr)NC(C)NC(=O)SC(c1ccccc1)(c1ccccc1)c1ccccc1. The summed E-state index contributed by atoms with van der Waals surface area (Å²) in [6.45, 7) is 2.11. The van der Waals surface area contributed by atoms with Gasteiger partial charge in [0, 0.05) is 6.42 Å². The first-order valence-corrected chi connectivity index (χ1v) is 16.0. The molecule has 41 heavy (non-hydrogen) atoms. The number of likely N-dealkylation sites (N-methyl/N-ethyl adjacent to an activating group) is 1. The largest absolute Gasteiger partial charge is 0.332 e. The van der Waals surface area contributed by atoms with Crippen LogP contribution in [0.3, 0.4) is 0 Å². The van der Waals surface area contributed by atoms with Crippen LogP contribution in [0.15, 0.2) is 91.0 Å². The van der Waals surface area contributed by atoms with Crippen LogP contribution < -0.4 is 16.0 Å². The van der Waals surface area contributed by atoms with Crippen molar-refractivity contribution in [2.24, 2.45) is 0 Å². The maximum absolute atomic E-state index is 13.7. The highest BCUT2D eigenvalue weighted by Gasteiger charge is 2.40. The van der Waals surface area contributed by atoms with Crippen molar-refractivity contribution in [2.45, 2.75) is 56.0 Å². The molecular formula is C33H40BrN3O3S. The zero-order chi connectivity index (χ0) is 29.5. The molecular weight excluding hydrogens is 598 g/mol. The molecule has 0 aliphatic rings. The molecule has 0 aromatic heterocycles. The van der Waals surface area contributed by atoms with E-state index in [-0.39, 0.29) is 23.4 Å². The van der Waals surface area contributed by atoms with Gasteiger partial charge in [0.25, 0.3) is 5.24 Å². The molecule has 0 aliphatic heterocycles. The van der Waals surface area contributed by atoms with Crippen molar-refractivity contribution < 1.29 is 14.4 Å². The number of unbranched alkanes of at least 4 members (excludes halogenated alkanes) is 2. The lowest BCUT2D eigenvalue weighted by Crippen LogP contribution is -2.51. The predicted molar refractivity (Wildman–Crippen MR) is 173 cm³/mol. The first-order valence-electron chi connectivity index (χ1n) is 14.1. The zero-order valence-corrected chi connectivity index (χ0v) is 26.2. The van der Waals surface area contributed by atoms with Crippen molar-refractivity contribution in [1.29, 1.82) is 0 Å². The smallest absolute Gasteiger partial charge is 0.281 e. The van der Waals surface area contributed by atoms with Gasteiger partial charge in [0.05, 0.1) is 24.1 Å². The molecule has 218 valence electrons. The summed E-state index contributed by atoms with van der Waals surface area (Å²) in [5, 5.41) is 9.55. The van der Waals surface area contributed by atoms with Gasteiger partial charge in [-0.3, -0.25) is 19.7 Å². The molecule has 3 aromatic rings. The first kappa shape index (κ1) is 32.7. The maximum atomic E-state index is 13.7. The van der Waals surface area contributed by atoms with Gasteiger partial charge in [-0.15, -0.1) is 0 Å². The number of thioether (sulfide) groups is 1. The topological polar surface area (TPSA) is 87.3 Å². The second-order valence-electron chi connectivity index (χ2n) is 10.0. The third-order valence-electron chi connectivity index (χ3n) is 6.91. The lowest BCUT2D eigenvalue weighted by atomic mass is 9.84. The molecule has 0 aliphatic carbocycles. The number of alkyl halides is 1. The molecule has 0 heterocycles. The summed E-state index contributed by atoms with van der Waals surface area (Å²) in [5.74, 6) is 0.238. The van der Waals surface area contributed by atoms with Crippen molar-refractivity contribution in [1.82, 2.24) is 16.0 Å². The minimum absolute atomic E-state index is 0.0463. The Labute approximate surface area is 256 Å². The van der Waals surface area contributed by atoms with Crippen LogP contribution in [0.5, 0.6) is 0 Å². The second-order valence-corrected chi connectivity index (χ2v) is 11.8. The van der Waals surface area contributed by atoms with Crippen LogP contribution in [-0.4, -0.2) is 47.9 Å². The average molecular weight is 639 g/mol. The van der Waals surface area contributed by atoms with Gasteiger partial charge < -0.3 is 10.6 Å². The van der Waals surface area contributed by atoms with Gasteiger partial charge in [-0.2, -0.15) is 0 Å². The third kappa shape index (κ3) is 9.64. The fourth-order valence-corrected chi connectivity index (χ4v) is 6.49. The Hall–Kier alpha value is -2.78. The van der Waals surface area contributed by atoms with Gasteiger partial charge in [-0.1, -0.05) is 120 Å². The lowest BCUT2D eigenvalue weighted by molar-refractivity contribution is -0.120. The van der Waals surface area contributed by atoms with E-state index in [1.807, 2.05) is 61.5 Å². The molecule has 1 amide bonds. The molecule has 3 rings (SSSR count). The summed E-state index contributed by atoms with van der Waals surface area (Å²) in [4.78, 5) is 38.2. The molecule has 0 radical (unpaired) electrons. The monoisotopic (exact) mass is 637 g/mol. The van der Waals surface area contributed by atoms with E-state index >= 15 is 0 Å². The number of amides is 1. The number of halogens is 1. The van der Waals surface area contributed by atoms with Crippen LogP contribution in [0.4, 0.5) is 4.79 Å². The number of benzene rings is 3. The number of Topliss-reactive ketones (excluding diaryl/α,β-unsaturated/α-hetero) is 2. The summed E-state index contributed by atoms with van der Waals surface area (Å²) >= 11 is 4.43. The highest BCUT2D eigenvalue weighted by molar-refractivity contribution is 9.09.